The Morgan fingerprint density at radius 1 is 1.06 bits per heavy atom. The van der Waals surface area contributed by atoms with Gasteiger partial charge in [0, 0.05) is 58.0 Å². The molecule has 1 atom stereocenters. The standard InChI is InChI=1S/C24H34Cl2N4O3/c1-17(2)15-27-8-13-30(23(32)33-24(3,4)5)21(16-27)22(31)29-11-9-28(10-12-29)18-6-7-19(25)20(26)14-18/h6-7,14,21H,1,8-13,15-16H2,2-5H3. The van der Waals surface area contributed by atoms with Crippen LogP contribution in [0.2, 0.25) is 10.0 Å². The number of ether oxygens (including phenoxy) is 1. The molecule has 0 spiro atoms. The van der Waals surface area contributed by atoms with Crippen LogP contribution in [-0.4, -0.2) is 90.7 Å². The average Bonchev–Trinajstić information content (AvgIpc) is 2.73. The fraction of sp³-hybridized carbons (Fsp3) is 0.583. The molecule has 0 saturated carbocycles. The molecule has 2 aliphatic rings. The van der Waals surface area contributed by atoms with Gasteiger partial charge in [-0.1, -0.05) is 35.4 Å². The lowest BCUT2D eigenvalue weighted by Gasteiger charge is -2.44. The summed E-state index contributed by atoms with van der Waals surface area (Å²) >= 11 is 12.2. The minimum atomic E-state index is -0.620. The molecule has 33 heavy (non-hydrogen) atoms. The number of anilines is 1. The molecule has 182 valence electrons. The minimum Gasteiger partial charge on any atom is -0.444 e. The van der Waals surface area contributed by atoms with Crippen LogP contribution in [0.5, 0.6) is 0 Å². The summed E-state index contributed by atoms with van der Waals surface area (Å²) in [6, 6.07) is 4.99. The molecule has 3 rings (SSSR count). The number of hydrogen-bond acceptors (Lipinski definition) is 5. The Balaban J connectivity index is 1.70. The normalized spacial score (nSPS) is 20.1. The number of rotatable bonds is 4. The van der Waals surface area contributed by atoms with E-state index in [1.165, 1.54) is 0 Å². The maximum Gasteiger partial charge on any atom is 0.411 e. The number of carbonyl (C=O) groups is 2. The molecule has 0 aromatic heterocycles. The fourth-order valence-electron chi connectivity index (χ4n) is 4.19. The molecule has 7 nitrogen and oxygen atoms in total. The second-order valence-corrected chi connectivity index (χ2v) is 10.6. The van der Waals surface area contributed by atoms with Gasteiger partial charge in [0.1, 0.15) is 11.6 Å². The zero-order chi connectivity index (χ0) is 24.3. The van der Waals surface area contributed by atoms with Gasteiger partial charge in [-0.05, 0) is 45.9 Å². The van der Waals surface area contributed by atoms with E-state index in [-0.39, 0.29) is 5.91 Å². The lowest BCUT2D eigenvalue weighted by Crippen LogP contribution is -2.63. The molecular formula is C24H34Cl2N4O3. The van der Waals surface area contributed by atoms with Crippen LogP contribution in [0.25, 0.3) is 0 Å². The molecule has 1 unspecified atom stereocenters. The molecule has 2 fully saturated rings. The molecule has 0 aliphatic carbocycles. The molecule has 0 bridgehead atoms. The maximum absolute atomic E-state index is 13.6. The summed E-state index contributed by atoms with van der Waals surface area (Å²) in [7, 11) is 0. The van der Waals surface area contributed by atoms with E-state index >= 15 is 0 Å². The van der Waals surface area contributed by atoms with Crippen molar-refractivity contribution in [3.63, 3.8) is 0 Å². The molecule has 2 saturated heterocycles. The van der Waals surface area contributed by atoms with Crippen molar-refractivity contribution in [2.75, 3.05) is 57.3 Å². The van der Waals surface area contributed by atoms with Gasteiger partial charge < -0.3 is 14.5 Å². The van der Waals surface area contributed by atoms with E-state index in [1.54, 1.807) is 11.0 Å². The predicted octanol–water partition coefficient (Wildman–Crippen LogP) is 4.14. The number of hydrogen-bond donors (Lipinski definition) is 0. The number of halogens is 2. The Hall–Kier alpha value is -1.96. The molecule has 2 amide bonds. The van der Waals surface area contributed by atoms with E-state index in [1.807, 2.05) is 44.7 Å². The Morgan fingerprint density at radius 3 is 2.30 bits per heavy atom. The van der Waals surface area contributed by atoms with Crippen molar-refractivity contribution in [2.45, 2.75) is 39.3 Å². The molecule has 2 heterocycles. The number of piperazine rings is 2. The molecule has 2 aliphatic heterocycles. The van der Waals surface area contributed by atoms with Crippen LogP contribution >= 0.6 is 23.2 Å². The predicted molar refractivity (Wildman–Crippen MR) is 133 cm³/mol. The first-order valence-corrected chi connectivity index (χ1v) is 12.1. The van der Waals surface area contributed by atoms with Gasteiger partial charge in [0.25, 0.3) is 0 Å². The second-order valence-electron chi connectivity index (χ2n) is 9.79. The topological polar surface area (TPSA) is 56.3 Å². The van der Waals surface area contributed by atoms with E-state index in [0.717, 1.165) is 11.3 Å². The number of benzene rings is 1. The summed E-state index contributed by atoms with van der Waals surface area (Å²) in [5.74, 6) is -0.0407. The van der Waals surface area contributed by atoms with Crippen LogP contribution in [-0.2, 0) is 9.53 Å². The van der Waals surface area contributed by atoms with Crippen molar-refractivity contribution in [1.82, 2.24) is 14.7 Å². The van der Waals surface area contributed by atoms with Crippen LogP contribution in [0.3, 0.4) is 0 Å². The molecule has 1 aromatic rings. The van der Waals surface area contributed by atoms with Crippen LogP contribution in [0.1, 0.15) is 27.7 Å². The summed E-state index contributed by atoms with van der Waals surface area (Å²) in [6.45, 7) is 16.3. The van der Waals surface area contributed by atoms with Crippen molar-refractivity contribution in [3.8, 4) is 0 Å². The highest BCUT2D eigenvalue weighted by Crippen LogP contribution is 2.28. The van der Waals surface area contributed by atoms with Gasteiger partial charge in [0.05, 0.1) is 10.0 Å². The fourth-order valence-corrected chi connectivity index (χ4v) is 4.49. The van der Waals surface area contributed by atoms with Gasteiger partial charge >= 0.3 is 6.09 Å². The first-order valence-electron chi connectivity index (χ1n) is 11.3. The van der Waals surface area contributed by atoms with Crippen LogP contribution in [0.15, 0.2) is 30.4 Å². The Morgan fingerprint density at radius 2 is 1.73 bits per heavy atom. The zero-order valence-corrected chi connectivity index (χ0v) is 21.5. The second kappa shape index (κ2) is 10.5. The first kappa shape index (κ1) is 25.7. The van der Waals surface area contributed by atoms with E-state index in [2.05, 4.69) is 16.4 Å². The minimum absolute atomic E-state index is 0.0407. The number of amides is 2. The van der Waals surface area contributed by atoms with Gasteiger partial charge in [-0.15, -0.1) is 0 Å². The lowest BCUT2D eigenvalue weighted by atomic mass is 10.1. The van der Waals surface area contributed by atoms with Crippen molar-refractivity contribution >= 4 is 40.9 Å². The summed E-state index contributed by atoms with van der Waals surface area (Å²) in [4.78, 5) is 34.3. The third-order valence-corrected chi connectivity index (χ3v) is 6.47. The van der Waals surface area contributed by atoms with Crippen molar-refractivity contribution in [3.05, 3.63) is 40.4 Å². The summed E-state index contributed by atoms with van der Waals surface area (Å²) in [6.07, 6.45) is -0.440. The van der Waals surface area contributed by atoms with Crippen molar-refractivity contribution in [2.24, 2.45) is 0 Å². The summed E-state index contributed by atoms with van der Waals surface area (Å²) in [5.41, 5.74) is 1.39. The maximum atomic E-state index is 13.6. The van der Waals surface area contributed by atoms with Gasteiger partial charge in [0.15, 0.2) is 0 Å². The Bertz CT molecular complexity index is 894. The zero-order valence-electron chi connectivity index (χ0n) is 19.9. The highest BCUT2D eigenvalue weighted by atomic mass is 35.5. The summed E-state index contributed by atoms with van der Waals surface area (Å²) < 4.78 is 5.61. The quantitative estimate of drug-likeness (QED) is 0.586. The molecule has 1 aromatic carbocycles. The Kier molecular flexibility index (Phi) is 8.19. The van der Waals surface area contributed by atoms with E-state index in [0.29, 0.717) is 62.4 Å². The third kappa shape index (κ3) is 6.78. The SMILES string of the molecule is C=C(C)CN1CCN(C(=O)OC(C)(C)C)C(C(=O)N2CCN(c3ccc(Cl)c(Cl)c3)CC2)C1. The van der Waals surface area contributed by atoms with Gasteiger partial charge in [-0.25, -0.2) is 4.79 Å². The van der Waals surface area contributed by atoms with E-state index < -0.39 is 17.7 Å². The van der Waals surface area contributed by atoms with Crippen molar-refractivity contribution < 1.29 is 14.3 Å². The monoisotopic (exact) mass is 496 g/mol. The highest BCUT2D eigenvalue weighted by molar-refractivity contribution is 6.42. The average molecular weight is 497 g/mol. The number of nitrogens with zero attached hydrogens (tertiary/aromatic N) is 4. The lowest BCUT2D eigenvalue weighted by molar-refractivity contribution is -0.139. The third-order valence-electron chi connectivity index (χ3n) is 5.73. The molecule has 9 heteroatoms. The van der Waals surface area contributed by atoms with Crippen LogP contribution in [0, 0.1) is 0 Å². The largest absolute Gasteiger partial charge is 0.444 e. The molecule has 0 N–H and O–H groups in total. The van der Waals surface area contributed by atoms with Gasteiger partial charge in [-0.3, -0.25) is 14.6 Å². The van der Waals surface area contributed by atoms with Crippen molar-refractivity contribution in [1.29, 1.82) is 0 Å². The smallest absolute Gasteiger partial charge is 0.411 e. The summed E-state index contributed by atoms with van der Waals surface area (Å²) in [5, 5.41) is 1.04. The Labute approximate surface area is 206 Å². The van der Waals surface area contributed by atoms with E-state index in [4.69, 9.17) is 27.9 Å². The van der Waals surface area contributed by atoms with E-state index in [9.17, 15) is 9.59 Å². The van der Waals surface area contributed by atoms with Gasteiger partial charge in [0.2, 0.25) is 5.91 Å². The first-order chi connectivity index (χ1) is 15.4. The van der Waals surface area contributed by atoms with Crippen LogP contribution in [0.4, 0.5) is 10.5 Å². The highest BCUT2D eigenvalue weighted by Gasteiger charge is 2.40. The number of carbonyl (C=O) groups excluding carboxylic acids is 2. The van der Waals surface area contributed by atoms with Gasteiger partial charge in [-0.2, -0.15) is 0 Å². The van der Waals surface area contributed by atoms with Crippen LogP contribution < -0.4 is 4.90 Å². The molecular weight excluding hydrogens is 463 g/mol. The molecule has 0 radical (unpaired) electrons.